The highest BCUT2D eigenvalue weighted by Crippen LogP contribution is 2.45. The Labute approximate surface area is 208 Å². The van der Waals surface area contributed by atoms with E-state index in [1.54, 1.807) is 43.6 Å². The zero-order chi connectivity index (χ0) is 25.4. The largest absolute Gasteiger partial charge is 0.493 e. The molecule has 0 unspecified atom stereocenters. The molecule has 0 radical (unpaired) electrons. The van der Waals surface area contributed by atoms with E-state index >= 15 is 0 Å². The summed E-state index contributed by atoms with van der Waals surface area (Å²) in [6, 6.07) is 6.67. The number of pyridine rings is 1. The van der Waals surface area contributed by atoms with Crippen molar-refractivity contribution < 1.29 is 19.1 Å². The van der Waals surface area contributed by atoms with Crippen LogP contribution in [0.25, 0.3) is 0 Å². The zero-order valence-electron chi connectivity index (χ0n) is 21.5. The predicted molar refractivity (Wildman–Crippen MR) is 136 cm³/mol. The molecule has 0 fully saturated rings. The SMILES string of the molecule is CCCN(CCC)CCCNC(=O)[C@@H]1c2cc(OC)c(OC)cc2C(=O)N(C)[C@H]1c1cccnc1. The molecule has 190 valence electrons. The van der Waals surface area contributed by atoms with Gasteiger partial charge in [0.1, 0.15) is 0 Å². The van der Waals surface area contributed by atoms with E-state index in [1.807, 2.05) is 12.1 Å². The second-order valence-corrected chi connectivity index (χ2v) is 8.91. The maximum absolute atomic E-state index is 13.7. The summed E-state index contributed by atoms with van der Waals surface area (Å²) in [4.78, 5) is 35.4. The minimum Gasteiger partial charge on any atom is -0.493 e. The van der Waals surface area contributed by atoms with Crippen LogP contribution in [0.5, 0.6) is 11.5 Å². The number of methoxy groups -OCH3 is 2. The second kappa shape index (κ2) is 12.5. The Morgan fingerprint density at radius 3 is 2.40 bits per heavy atom. The molecule has 8 nitrogen and oxygen atoms in total. The normalized spacial score (nSPS) is 17.3. The van der Waals surface area contributed by atoms with Crippen LogP contribution in [0.4, 0.5) is 0 Å². The van der Waals surface area contributed by atoms with Crippen LogP contribution < -0.4 is 14.8 Å². The average Bonchev–Trinajstić information content (AvgIpc) is 2.88. The first-order valence-electron chi connectivity index (χ1n) is 12.4. The molecular weight excluding hydrogens is 444 g/mol. The fourth-order valence-corrected chi connectivity index (χ4v) is 4.89. The molecule has 2 amide bonds. The summed E-state index contributed by atoms with van der Waals surface area (Å²) in [5, 5.41) is 3.14. The third-order valence-corrected chi connectivity index (χ3v) is 6.51. The Morgan fingerprint density at radius 2 is 1.80 bits per heavy atom. The number of aromatic nitrogens is 1. The molecule has 1 aromatic heterocycles. The first-order chi connectivity index (χ1) is 17.0. The number of likely N-dealkylation sites (N-methyl/N-ethyl adjacent to an activating group) is 1. The van der Waals surface area contributed by atoms with Crippen LogP contribution >= 0.6 is 0 Å². The first-order valence-corrected chi connectivity index (χ1v) is 12.4. The van der Waals surface area contributed by atoms with Crippen LogP contribution in [-0.4, -0.2) is 74.0 Å². The van der Waals surface area contributed by atoms with Gasteiger partial charge in [0, 0.05) is 31.5 Å². The molecule has 3 rings (SSSR count). The van der Waals surface area contributed by atoms with E-state index < -0.39 is 12.0 Å². The summed E-state index contributed by atoms with van der Waals surface area (Å²) in [6.45, 7) is 8.01. The van der Waals surface area contributed by atoms with Crippen LogP contribution in [0.2, 0.25) is 0 Å². The molecule has 0 saturated carbocycles. The number of nitrogens with zero attached hydrogens (tertiary/aromatic N) is 3. The van der Waals surface area contributed by atoms with Gasteiger partial charge in [0.15, 0.2) is 11.5 Å². The van der Waals surface area contributed by atoms with Crippen LogP contribution in [-0.2, 0) is 4.79 Å². The van der Waals surface area contributed by atoms with E-state index in [-0.39, 0.29) is 11.8 Å². The minimum atomic E-state index is -0.612. The van der Waals surface area contributed by atoms with Crippen molar-refractivity contribution in [3.8, 4) is 11.5 Å². The van der Waals surface area contributed by atoms with Gasteiger partial charge in [-0.2, -0.15) is 0 Å². The summed E-state index contributed by atoms with van der Waals surface area (Å²) in [5.74, 6) is 0.0389. The van der Waals surface area contributed by atoms with Gasteiger partial charge in [-0.05, 0) is 68.2 Å². The van der Waals surface area contributed by atoms with Crippen LogP contribution in [0.3, 0.4) is 0 Å². The van der Waals surface area contributed by atoms with E-state index in [2.05, 4.69) is 29.0 Å². The standard InChI is InChI=1S/C27H38N4O4/c1-6-13-31(14-7-2)15-9-12-29-26(32)24-20-16-22(34-4)23(35-5)17-21(20)27(33)30(3)25(24)19-10-8-11-28-18-19/h8,10-11,16-18,24-25H,6-7,9,12-15H2,1-5H3,(H,29,32)/t24-,25+/m1/s1. The van der Waals surface area contributed by atoms with Crippen LogP contribution in [0.15, 0.2) is 36.7 Å². The number of hydrogen-bond donors (Lipinski definition) is 1. The Hall–Kier alpha value is -3.13. The number of benzene rings is 1. The number of carbonyl (C=O) groups excluding carboxylic acids is 2. The van der Waals surface area contributed by atoms with Gasteiger partial charge in [-0.1, -0.05) is 19.9 Å². The predicted octanol–water partition coefficient (Wildman–Crippen LogP) is 3.64. The molecule has 35 heavy (non-hydrogen) atoms. The summed E-state index contributed by atoms with van der Waals surface area (Å²) in [6.07, 6.45) is 6.49. The molecule has 2 atom stereocenters. The highest BCUT2D eigenvalue weighted by Gasteiger charge is 2.43. The number of hydrogen-bond acceptors (Lipinski definition) is 6. The van der Waals surface area contributed by atoms with Crippen molar-refractivity contribution in [3.05, 3.63) is 53.3 Å². The highest BCUT2D eigenvalue weighted by atomic mass is 16.5. The van der Waals surface area contributed by atoms with Gasteiger partial charge in [-0.15, -0.1) is 0 Å². The van der Waals surface area contributed by atoms with Gasteiger partial charge in [0.25, 0.3) is 5.91 Å². The lowest BCUT2D eigenvalue weighted by atomic mass is 9.79. The molecular formula is C27H38N4O4. The topological polar surface area (TPSA) is 84.0 Å². The maximum atomic E-state index is 13.7. The molecule has 1 aromatic carbocycles. The third-order valence-electron chi connectivity index (χ3n) is 6.51. The van der Waals surface area contributed by atoms with E-state index in [9.17, 15) is 9.59 Å². The van der Waals surface area contributed by atoms with Gasteiger partial charge in [0.2, 0.25) is 5.91 Å². The lowest BCUT2D eigenvalue weighted by Gasteiger charge is -2.40. The summed E-state index contributed by atoms with van der Waals surface area (Å²) in [5.41, 5.74) is 1.89. The van der Waals surface area contributed by atoms with Gasteiger partial charge in [0.05, 0.1) is 26.2 Å². The molecule has 0 saturated heterocycles. The van der Waals surface area contributed by atoms with Crippen molar-refractivity contribution in [2.45, 2.75) is 45.1 Å². The van der Waals surface area contributed by atoms with Gasteiger partial charge >= 0.3 is 0 Å². The van der Waals surface area contributed by atoms with E-state index in [0.717, 1.165) is 44.5 Å². The molecule has 0 spiro atoms. The number of amides is 2. The van der Waals surface area contributed by atoms with Crippen molar-refractivity contribution in [1.82, 2.24) is 20.1 Å². The fraction of sp³-hybridized carbons (Fsp3) is 0.519. The first kappa shape index (κ1) is 26.5. The van der Waals surface area contributed by atoms with E-state index in [0.29, 0.717) is 29.2 Å². The van der Waals surface area contributed by atoms with Gasteiger partial charge < -0.3 is 24.6 Å². The molecule has 2 aromatic rings. The van der Waals surface area contributed by atoms with Crippen LogP contribution in [0.1, 0.15) is 66.6 Å². The van der Waals surface area contributed by atoms with Crippen molar-refractivity contribution >= 4 is 11.8 Å². The molecule has 2 heterocycles. The van der Waals surface area contributed by atoms with Crippen molar-refractivity contribution in [2.24, 2.45) is 0 Å². The second-order valence-electron chi connectivity index (χ2n) is 8.91. The Kier molecular flexibility index (Phi) is 9.48. The van der Waals surface area contributed by atoms with Crippen molar-refractivity contribution in [1.29, 1.82) is 0 Å². The van der Waals surface area contributed by atoms with Crippen molar-refractivity contribution in [2.75, 3.05) is 47.4 Å². The van der Waals surface area contributed by atoms with E-state index in [4.69, 9.17) is 9.47 Å². The quantitative estimate of drug-likeness (QED) is 0.465. The number of ether oxygens (including phenoxy) is 2. The highest BCUT2D eigenvalue weighted by molar-refractivity contribution is 6.02. The number of carbonyl (C=O) groups is 2. The monoisotopic (exact) mass is 482 g/mol. The number of fused-ring (bicyclic) bond motifs is 1. The molecule has 8 heteroatoms. The Morgan fingerprint density at radius 1 is 1.11 bits per heavy atom. The van der Waals surface area contributed by atoms with Gasteiger partial charge in [-0.3, -0.25) is 14.6 Å². The summed E-state index contributed by atoms with van der Waals surface area (Å²) in [7, 11) is 4.81. The van der Waals surface area contributed by atoms with Gasteiger partial charge in [-0.25, -0.2) is 0 Å². The van der Waals surface area contributed by atoms with Crippen molar-refractivity contribution in [3.63, 3.8) is 0 Å². The molecule has 0 bridgehead atoms. The van der Waals surface area contributed by atoms with E-state index in [1.165, 1.54) is 7.11 Å². The average molecular weight is 483 g/mol. The smallest absolute Gasteiger partial charge is 0.254 e. The molecule has 0 aliphatic carbocycles. The molecule has 1 N–H and O–H groups in total. The fourth-order valence-electron chi connectivity index (χ4n) is 4.89. The number of nitrogens with one attached hydrogen (secondary N) is 1. The lowest BCUT2D eigenvalue weighted by Crippen LogP contribution is -2.46. The Balaban J connectivity index is 1.91. The maximum Gasteiger partial charge on any atom is 0.254 e. The number of rotatable bonds is 12. The van der Waals surface area contributed by atoms with Crippen LogP contribution in [0, 0.1) is 0 Å². The molecule has 1 aliphatic rings. The Bertz CT molecular complexity index is 992. The molecule has 1 aliphatic heterocycles. The lowest BCUT2D eigenvalue weighted by molar-refractivity contribution is -0.124. The zero-order valence-corrected chi connectivity index (χ0v) is 21.5. The summed E-state index contributed by atoms with van der Waals surface area (Å²) >= 11 is 0. The third kappa shape index (κ3) is 5.93. The minimum absolute atomic E-state index is 0.121. The summed E-state index contributed by atoms with van der Waals surface area (Å²) < 4.78 is 10.9.